The van der Waals surface area contributed by atoms with Crippen LogP contribution in [0.3, 0.4) is 0 Å². The molecule has 4 rings (SSSR count). The molecule has 1 aliphatic heterocycles. The summed E-state index contributed by atoms with van der Waals surface area (Å²) in [5, 5.41) is 4.36. The summed E-state index contributed by atoms with van der Waals surface area (Å²) in [5.74, 6) is 0.279. The van der Waals surface area contributed by atoms with Crippen LogP contribution in [0.1, 0.15) is 76.3 Å². The molecule has 2 heterocycles. The molecule has 0 unspecified atom stereocenters. The van der Waals surface area contributed by atoms with E-state index in [0.29, 0.717) is 12.1 Å². The monoisotopic (exact) mass is 470 g/mol. The molecule has 1 saturated heterocycles. The van der Waals surface area contributed by atoms with Crippen molar-refractivity contribution >= 4 is 32.6 Å². The molecule has 6 heteroatoms. The lowest BCUT2D eigenvalue weighted by Crippen LogP contribution is -2.48. The minimum atomic E-state index is 0.0559. The zero-order chi connectivity index (χ0) is 23.4. The van der Waals surface area contributed by atoms with Gasteiger partial charge in [0, 0.05) is 38.3 Å². The van der Waals surface area contributed by atoms with E-state index in [1.165, 1.54) is 54.4 Å². The summed E-state index contributed by atoms with van der Waals surface area (Å²) in [5.41, 5.74) is 3.63. The number of hydrogen-bond acceptors (Lipinski definition) is 5. The van der Waals surface area contributed by atoms with Crippen LogP contribution in [-0.2, 0) is 4.79 Å². The van der Waals surface area contributed by atoms with E-state index in [9.17, 15) is 4.79 Å². The van der Waals surface area contributed by atoms with Crippen LogP contribution in [0.4, 0.5) is 5.13 Å². The van der Waals surface area contributed by atoms with Crippen molar-refractivity contribution in [2.45, 2.75) is 91.1 Å². The third kappa shape index (κ3) is 5.89. The van der Waals surface area contributed by atoms with Crippen LogP contribution in [0.25, 0.3) is 10.2 Å². The van der Waals surface area contributed by atoms with Crippen LogP contribution in [0.2, 0.25) is 0 Å². The summed E-state index contributed by atoms with van der Waals surface area (Å²) in [6.07, 6.45) is 9.92. The van der Waals surface area contributed by atoms with Crippen molar-refractivity contribution in [3.05, 3.63) is 23.3 Å². The summed E-state index contributed by atoms with van der Waals surface area (Å²) >= 11 is 1.77. The summed E-state index contributed by atoms with van der Waals surface area (Å²) < 4.78 is 1.25. The number of benzene rings is 1. The fourth-order valence-electron chi connectivity index (χ4n) is 5.72. The molecular formula is C27H42N4OS. The van der Waals surface area contributed by atoms with Gasteiger partial charge in [-0.1, -0.05) is 43.6 Å². The second-order valence-electron chi connectivity index (χ2n) is 10.3. The van der Waals surface area contributed by atoms with E-state index in [2.05, 4.69) is 54.9 Å². The van der Waals surface area contributed by atoms with Gasteiger partial charge in [0.15, 0.2) is 5.13 Å². The maximum Gasteiger partial charge on any atom is 0.224 e. The Hall–Kier alpha value is -1.66. The van der Waals surface area contributed by atoms with Crippen LogP contribution >= 0.6 is 11.3 Å². The van der Waals surface area contributed by atoms with E-state index in [1.54, 1.807) is 11.3 Å². The highest BCUT2D eigenvalue weighted by atomic mass is 32.1. The van der Waals surface area contributed by atoms with Crippen molar-refractivity contribution in [3.63, 3.8) is 0 Å². The van der Waals surface area contributed by atoms with Crippen LogP contribution < -0.4 is 10.2 Å². The Morgan fingerprint density at radius 1 is 1.21 bits per heavy atom. The fraction of sp³-hybridized carbons (Fsp3) is 0.704. The number of aromatic nitrogens is 1. The summed E-state index contributed by atoms with van der Waals surface area (Å²) in [6, 6.07) is 5.71. The minimum absolute atomic E-state index is 0.0559. The van der Waals surface area contributed by atoms with Crippen molar-refractivity contribution in [2.24, 2.45) is 5.92 Å². The molecule has 2 aromatic rings. The maximum absolute atomic E-state index is 13.1. The SMILES string of the molecule is CC[C@H](C)N(CCNC(=O)[C@H]1CCCN(c2nc3c(C)cc(C)cc3s2)C1)C1CCCCC1. The van der Waals surface area contributed by atoms with E-state index < -0.39 is 0 Å². The van der Waals surface area contributed by atoms with Crippen LogP contribution in [0, 0.1) is 19.8 Å². The van der Waals surface area contributed by atoms with Gasteiger partial charge >= 0.3 is 0 Å². The Bertz CT molecular complexity index is 936. The summed E-state index contributed by atoms with van der Waals surface area (Å²) in [7, 11) is 0. The lowest BCUT2D eigenvalue weighted by molar-refractivity contribution is -0.125. The molecule has 33 heavy (non-hydrogen) atoms. The third-order valence-corrected chi connectivity index (χ3v) is 8.81. The standard InChI is InChI=1S/C27H42N4OS/c1-5-21(4)31(23-11-7-6-8-12-23)15-13-28-26(32)22-10-9-14-30(18-22)27-29-25-20(3)16-19(2)17-24(25)33-27/h16-17,21-23H,5-15,18H2,1-4H3,(H,28,32)/t21-,22-/m0/s1. The summed E-state index contributed by atoms with van der Waals surface area (Å²) in [6.45, 7) is 12.4. The number of rotatable bonds is 8. The molecule has 1 aliphatic carbocycles. The predicted molar refractivity (Wildman–Crippen MR) is 140 cm³/mol. The second kappa shape index (κ2) is 11.2. The Labute approximate surface area is 203 Å². The third-order valence-electron chi connectivity index (χ3n) is 7.75. The first kappa shape index (κ1) is 24.5. The highest BCUT2D eigenvalue weighted by Crippen LogP contribution is 2.33. The van der Waals surface area contributed by atoms with Gasteiger partial charge in [-0.3, -0.25) is 9.69 Å². The van der Waals surface area contributed by atoms with Crippen molar-refractivity contribution in [1.29, 1.82) is 0 Å². The van der Waals surface area contributed by atoms with E-state index in [-0.39, 0.29) is 11.8 Å². The fourth-order valence-corrected chi connectivity index (χ4v) is 6.90. The number of anilines is 1. The predicted octanol–water partition coefficient (Wildman–Crippen LogP) is 5.68. The van der Waals surface area contributed by atoms with Crippen molar-refractivity contribution in [3.8, 4) is 0 Å². The maximum atomic E-state index is 13.1. The van der Waals surface area contributed by atoms with E-state index in [1.807, 2.05) is 0 Å². The number of nitrogens with zero attached hydrogens (tertiary/aromatic N) is 3. The second-order valence-corrected chi connectivity index (χ2v) is 11.3. The van der Waals surface area contributed by atoms with Gasteiger partial charge in [0.1, 0.15) is 0 Å². The number of carbonyl (C=O) groups is 1. The van der Waals surface area contributed by atoms with E-state index >= 15 is 0 Å². The minimum Gasteiger partial charge on any atom is -0.355 e. The van der Waals surface area contributed by atoms with Gasteiger partial charge in [0.2, 0.25) is 5.91 Å². The molecule has 1 N–H and O–H groups in total. The molecule has 5 nitrogen and oxygen atoms in total. The number of nitrogens with one attached hydrogen (secondary N) is 1. The Kier molecular flexibility index (Phi) is 8.29. The average Bonchev–Trinajstić information content (AvgIpc) is 3.26. The highest BCUT2D eigenvalue weighted by molar-refractivity contribution is 7.22. The molecule has 1 aromatic heterocycles. The van der Waals surface area contributed by atoms with Gasteiger partial charge in [-0.25, -0.2) is 4.98 Å². The smallest absolute Gasteiger partial charge is 0.224 e. The average molecular weight is 471 g/mol. The van der Waals surface area contributed by atoms with E-state index in [4.69, 9.17) is 4.98 Å². The number of fused-ring (bicyclic) bond motifs is 1. The molecule has 0 spiro atoms. The van der Waals surface area contributed by atoms with Crippen LogP contribution in [0.15, 0.2) is 12.1 Å². The number of amides is 1. The molecule has 1 saturated carbocycles. The molecule has 0 radical (unpaired) electrons. The lowest BCUT2D eigenvalue weighted by Gasteiger charge is -2.38. The van der Waals surface area contributed by atoms with Gasteiger partial charge in [-0.15, -0.1) is 0 Å². The highest BCUT2D eigenvalue weighted by Gasteiger charge is 2.28. The first-order valence-corrected chi connectivity index (χ1v) is 13.9. The Morgan fingerprint density at radius 2 is 2.00 bits per heavy atom. The molecule has 2 aliphatic rings. The Morgan fingerprint density at radius 3 is 2.76 bits per heavy atom. The van der Waals surface area contributed by atoms with Gasteiger partial charge < -0.3 is 10.2 Å². The summed E-state index contributed by atoms with van der Waals surface area (Å²) in [4.78, 5) is 23.0. The molecule has 1 amide bonds. The van der Waals surface area contributed by atoms with Gasteiger partial charge in [-0.2, -0.15) is 0 Å². The van der Waals surface area contributed by atoms with Gasteiger partial charge in [0.05, 0.1) is 16.1 Å². The zero-order valence-electron chi connectivity index (χ0n) is 21.0. The first-order chi connectivity index (χ1) is 16.0. The number of piperidine rings is 1. The molecule has 0 bridgehead atoms. The molecule has 1 aromatic carbocycles. The topological polar surface area (TPSA) is 48.5 Å². The van der Waals surface area contributed by atoms with Crippen molar-refractivity contribution < 1.29 is 4.79 Å². The number of carbonyl (C=O) groups excluding carboxylic acids is 1. The normalized spacial score (nSPS) is 21.0. The Balaban J connectivity index is 1.33. The zero-order valence-corrected chi connectivity index (χ0v) is 21.8. The lowest BCUT2D eigenvalue weighted by atomic mass is 9.93. The molecule has 182 valence electrons. The van der Waals surface area contributed by atoms with Crippen LogP contribution in [0.5, 0.6) is 0 Å². The first-order valence-electron chi connectivity index (χ1n) is 13.1. The largest absolute Gasteiger partial charge is 0.355 e. The van der Waals surface area contributed by atoms with Gasteiger partial charge in [0.25, 0.3) is 0 Å². The number of thiazole rings is 1. The number of hydrogen-bond donors (Lipinski definition) is 1. The van der Waals surface area contributed by atoms with Gasteiger partial charge in [-0.05, 0) is 70.1 Å². The van der Waals surface area contributed by atoms with Crippen molar-refractivity contribution in [1.82, 2.24) is 15.2 Å². The molecule has 2 fully saturated rings. The van der Waals surface area contributed by atoms with E-state index in [0.717, 1.165) is 49.7 Å². The molecule has 2 atom stereocenters. The quantitative estimate of drug-likeness (QED) is 0.539. The molecular weight excluding hydrogens is 428 g/mol. The number of aryl methyl sites for hydroxylation is 2. The van der Waals surface area contributed by atoms with Crippen LogP contribution in [-0.4, -0.2) is 54.1 Å². The van der Waals surface area contributed by atoms with Crippen molar-refractivity contribution in [2.75, 3.05) is 31.1 Å².